The molecule has 0 radical (unpaired) electrons. The third-order valence-corrected chi connectivity index (χ3v) is 5.86. The molecular formula is C14H28IN3O2S. The second-order valence-corrected chi connectivity index (χ2v) is 8.85. The average Bonchev–Trinajstić information content (AvgIpc) is 2.98. The Morgan fingerprint density at radius 3 is 2.57 bits per heavy atom. The molecule has 2 fully saturated rings. The van der Waals surface area contributed by atoms with Crippen LogP contribution in [-0.4, -0.2) is 52.5 Å². The Labute approximate surface area is 147 Å². The summed E-state index contributed by atoms with van der Waals surface area (Å²) in [7, 11) is 0.937. The van der Waals surface area contributed by atoms with Crippen LogP contribution in [0.1, 0.15) is 40.0 Å². The van der Waals surface area contributed by atoms with Crippen molar-refractivity contribution in [3.63, 3.8) is 0 Å². The first kappa shape index (κ1) is 19.2. The number of guanidine groups is 1. The van der Waals surface area contributed by atoms with Crippen molar-refractivity contribution in [1.82, 2.24) is 10.6 Å². The Morgan fingerprint density at radius 1 is 1.38 bits per heavy atom. The van der Waals surface area contributed by atoms with Gasteiger partial charge in [-0.1, -0.05) is 0 Å². The van der Waals surface area contributed by atoms with Crippen molar-refractivity contribution in [2.24, 2.45) is 4.99 Å². The molecule has 0 aromatic heterocycles. The summed E-state index contributed by atoms with van der Waals surface area (Å²) in [6, 6.07) is 0.369. The fourth-order valence-corrected chi connectivity index (χ4v) is 3.63. The molecule has 0 aliphatic carbocycles. The number of nitrogens with zero attached hydrogens (tertiary/aromatic N) is 1. The number of fused-ring (bicyclic) bond motifs is 2. The third-order valence-electron chi connectivity index (χ3n) is 3.91. The molecule has 2 N–H and O–H groups in total. The van der Waals surface area contributed by atoms with Crippen molar-refractivity contribution >= 4 is 40.7 Å². The van der Waals surface area contributed by atoms with E-state index in [4.69, 9.17) is 4.74 Å². The predicted molar refractivity (Wildman–Crippen MR) is 99.0 cm³/mol. The topological polar surface area (TPSA) is 62.7 Å². The SMILES string of the molecule is CN=C(NCCS(=O)C(C)(C)C)NC1CC2CCC1O2.I. The van der Waals surface area contributed by atoms with E-state index >= 15 is 0 Å². The quantitative estimate of drug-likeness (QED) is 0.405. The van der Waals surface area contributed by atoms with Crippen molar-refractivity contribution < 1.29 is 8.95 Å². The van der Waals surface area contributed by atoms with E-state index in [-0.39, 0.29) is 28.7 Å². The molecule has 7 heteroatoms. The van der Waals surface area contributed by atoms with Crippen LogP contribution in [0.4, 0.5) is 0 Å². The van der Waals surface area contributed by atoms with Gasteiger partial charge in [-0.15, -0.1) is 24.0 Å². The lowest BCUT2D eigenvalue weighted by molar-refractivity contribution is 0.0992. The van der Waals surface area contributed by atoms with Crippen molar-refractivity contribution in [2.45, 2.75) is 63.0 Å². The lowest BCUT2D eigenvalue weighted by Crippen LogP contribution is -2.48. The molecule has 0 aromatic rings. The van der Waals surface area contributed by atoms with Crippen molar-refractivity contribution in [3.8, 4) is 0 Å². The van der Waals surface area contributed by atoms with E-state index < -0.39 is 10.8 Å². The molecule has 124 valence electrons. The Balaban J connectivity index is 0.00000220. The zero-order chi connectivity index (χ0) is 14.8. The number of hydrogen-bond acceptors (Lipinski definition) is 3. The molecule has 2 heterocycles. The van der Waals surface area contributed by atoms with E-state index in [0.29, 0.717) is 30.5 Å². The molecule has 2 saturated heterocycles. The minimum atomic E-state index is -0.831. The lowest BCUT2D eigenvalue weighted by Gasteiger charge is -2.23. The van der Waals surface area contributed by atoms with E-state index in [9.17, 15) is 4.21 Å². The minimum Gasteiger partial charge on any atom is -0.373 e. The van der Waals surface area contributed by atoms with Gasteiger partial charge in [-0.3, -0.25) is 9.20 Å². The predicted octanol–water partition coefficient (Wildman–Crippen LogP) is 1.64. The monoisotopic (exact) mass is 429 g/mol. The van der Waals surface area contributed by atoms with Gasteiger partial charge in [-0.2, -0.15) is 0 Å². The molecule has 2 aliphatic heterocycles. The molecule has 2 bridgehead atoms. The first-order valence-corrected chi connectivity index (χ1v) is 8.73. The van der Waals surface area contributed by atoms with E-state index in [1.807, 2.05) is 20.8 Å². The summed E-state index contributed by atoms with van der Waals surface area (Å²) in [6.07, 6.45) is 4.18. The van der Waals surface area contributed by atoms with Crippen LogP contribution < -0.4 is 10.6 Å². The van der Waals surface area contributed by atoms with Crippen LogP contribution in [0.3, 0.4) is 0 Å². The highest BCUT2D eigenvalue weighted by atomic mass is 127. The van der Waals surface area contributed by atoms with Gasteiger partial charge in [-0.05, 0) is 40.0 Å². The van der Waals surface area contributed by atoms with Gasteiger partial charge in [-0.25, -0.2) is 0 Å². The van der Waals surface area contributed by atoms with Gasteiger partial charge in [0.1, 0.15) is 0 Å². The molecule has 5 nitrogen and oxygen atoms in total. The normalized spacial score (nSPS) is 29.9. The van der Waals surface area contributed by atoms with Crippen LogP contribution >= 0.6 is 24.0 Å². The standard InChI is InChI=1S/C14H27N3O2S.HI/c1-14(2,3)20(18)8-7-16-13(15-4)17-11-9-10-5-6-12(11)19-10;/h10-12H,5-9H2,1-4H3,(H2,15,16,17);1H. The summed E-state index contributed by atoms with van der Waals surface area (Å²) in [6.45, 7) is 6.68. The number of halogens is 1. The number of ether oxygens (including phenoxy) is 1. The van der Waals surface area contributed by atoms with Crippen molar-refractivity contribution in [3.05, 3.63) is 0 Å². The number of hydrogen-bond donors (Lipinski definition) is 2. The number of nitrogens with one attached hydrogen (secondary N) is 2. The highest BCUT2D eigenvalue weighted by molar-refractivity contribution is 14.0. The second kappa shape index (κ2) is 8.10. The molecule has 0 spiro atoms. The fraction of sp³-hybridized carbons (Fsp3) is 0.929. The summed E-state index contributed by atoms with van der Waals surface area (Å²) in [5.74, 6) is 1.43. The zero-order valence-electron chi connectivity index (χ0n) is 13.3. The Morgan fingerprint density at radius 2 is 2.10 bits per heavy atom. The van der Waals surface area contributed by atoms with Gasteiger partial charge in [0.05, 0.1) is 18.2 Å². The average molecular weight is 429 g/mol. The Hall–Kier alpha value is 0.110. The largest absolute Gasteiger partial charge is 0.373 e. The van der Waals surface area contributed by atoms with Crippen molar-refractivity contribution in [2.75, 3.05) is 19.3 Å². The molecule has 2 aliphatic rings. The molecule has 0 saturated carbocycles. The lowest BCUT2D eigenvalue weighted by atomic mass is 9.96. The van der Waals surface area contributed by atoms with Gasteiger partial charge in [0.15, 0.2) is 5.96 Å². The fourth-order valence-electron chi connectivity index (χ4n) is 2.73. The van der Waals surface area contributed by atoms with E-state index in [1.54, 1.807) is 7.05 Å². The maximum Gasteiger partial charge on any atom is 0.191 e. The first-order chi connectivity index (χ1) is 9.40. The van der Waals surface area contributed by atoms with Crippen LogP contribution in [0.5, 0.6) is 0 Å². The second-order valence-electron chi connectivity index (χ2n) is 6.52. The summed E-state index contributed by atoms with van der Waals surface area (Å²) in [4.78, 5) is 4.23. The third kappa shape index (κ3) is 5.35. The molecule has 21 heavy (non-hydrogen) atoms. The van der Waals surface area contributed by atoms with Gasteiger partial charge >= 0.3 is 0 Å². The van der Waals surface area contributed by atoms with Gasteiger partial charge < -0.3 is 15.4 Å². The molecule has 2 rings (SSSR count). The van der Waals surface area contributed by atoms with Crippen molar-refractivity contribution in [1.29, 1.82) is 0 Å². The highest BCUT2D eigenvalue weighted by Crippen LogP contribution is 2.34. The number of aliphatic imine (C=N–C) groups is 1. The van der Waals surface area contributed by atoms with E-state index in [2.05, 4.69) is 15.6 Å². The summed E-state index contributed by atoms with van der Waals surface area (Å²) < 4.78 is 17.6. The molecule has 0 aromatic carbocycles. The van der Waals surface area contributed by atoms with Gasteiger partial charge in [0.2, 0.25) is 0 Å². The highest BCUT2D eigenvalue weighted by Gasteiger charge is 2.41. The number of rotatable bonds is 4. The van der Waals surface area contributed by atoms with Gasteiger partial charge in [0, 0.05) is 34.9 Å². The Bertz CT molecular complexity index is 398. The van der Waals surface area contributed by atoms with Crippen LogP contribution in [-0.2, 0) is 15.5 Å². The summed E-state index contributed by atoms with van der Waals surface area (Å²) >= 11 is 0. The Kier molecular flexibility index (Phi) is 7.39. The maximum atomic E-state index is 12.0. The summed E-state index contributed by atoms with van der Waals surface area (Å²) in [5.41, 5.74) is 0. The first-order valence-electron chi connectivity index (χ1n) is 7.41. The molecular weight excluding hydrogens is 401 g/mol. The molecule has 0 amide bonds. The van der Waals surface area contributed by atoms with Gasteiger partial charge in [0.25, 0.3) is 0 Å². The van der Waals surface area contributed by atoms with E-state index in [1.165, 1.54) is 6.42 Å². The smallest absolute Gasteiger partial charge is 0.191 e. The van der Waals surface area contributed by atoms with Crippen LogP contribution in [0.15, 0.2) is 4.99 Å². The van der Waals surface area contributed by atoms with E-state index in [0.717, 1.165) is 18.8 Å². The minimum absolute atomic E-state index is 0. The summed E-state index contributed by atoms with van der Waals surface area (Å²) in [5, 5.41) is 6.67. The maximum absolute atomic E-state index is 12.0. The molecule has 4 atom stereocenters. The zero-order valence-corrected chi connectivity index (χ0v) is 16.5. The van der Waals surface area contributed by atoms with Crippen LogP contribution in [0.25, 0.3) is 0 Å². The van der Waals surface area contributed by atoms with Crippen LogP contribution in [0, 0.1) is 0 Å². The molecule has 4 unspecified atom stereocenters. The van der Waals surface area contributed by atoms with Crippen LogP contribution in [0.2, 0.25) is 0 Å².